The SMILES string of the molecule is Cc1cn(CCN2Cc3ccccc3C2)nn1. The van der Waals surface area contributed by atoms with Gasteiger partial charge in [0.1, 0.15) is 0 Å². The lowest BCUT2D eigenvalue weighted by Crippen LogP contribution is -2.22. The predicted octanol–water partition coefficient (Wildman–Crippen LogP) is 1.60. The Bertz CT molecular complexity index is 493. The van der Waals surface area contributed by atoms with Gasteiger partial charge in [-0.3, -0.25) is 9.58 Å². The Morgan fingerprint density at radius 2 is 1.82 bits per heavy atom. The van der Waals surface area contributed by atoms with Crippen molar-refractivity contribution < 1.29 is 0 Å². The Morgan fingerprint density at radius 1 is 1.12 bits per heavy atom. The fraction of sp³-hybridized carbons (Fsp3) is 0.385. The fourth-order valence-corrected chi connectivity index (χ4v) is 2.31. The second-order valence-electron chi connectivity index (χ2n) is 4.60. The van der Waals surface area contributed by atoms with E-state index in [1.54, 1.807) is 0 Å². The van der Waals surface area contributed by atoms with Gasteiger partial charge < -0.3 is 0 Å². The van der Waals surface area contributed by atoms with Crippen LogP contribution in [0, 0.1) is 6.92 Å². The summed E-state index contributed by atoms with van der Waals surface area (Å²) >= 11 is 0. The van der Waals surface area contributed by atoms with E-state index in [9.17, 15) is 0 Å². The quantitative estimate of drug-likeness (QED) is 0.800. The van der Waals surface area contributed by atoms with Gasteiger partial charge in [-0.2, -0.15) is 0 Å². The zero-order chi connectivity index (χ0) is 11.7. The first-order chi connectivity index (χ1) is 8.31. The number of aromatic nitrogens is 3. The Kier molecular flexibility index (Phi) is 2.65. The molecule has 0 unspecified atom stereocenters. The first-order valence-electron chi connectivity index (χ1n) is 5.97. The molecule has 0 saturated heterocycles. The molecule has 0 saturated carbocycles. The lowest BCUT2D eigenvalue weighted by atomic mass is 10.1. The number of rotatable bonds is 3. The van der Waals surface area contributed by atoms with Crippen molar-refractivity contribution in [2.24, 2.45) is 0 Å². The van der Waals surface area contributed by atoms with Gasteiger partial charge in [0.25, 0.3) is 0 Å². The lowest BCUT2D eigenvalue weighted by Gasteiger charge is -2.13. The van der Waals surface area contributed by atoms with Crippen molar-refractivity contribution >= 4 is 0 Å². The van der Waals surface area contributed by atoms with Crippen LogP contribution < -0.4 is 0 Å². The van der Waals surface area contributed by atoms with E-state index in [0.29, 0.717) is 0 Å². The Labute approximate surface area is 101 Å². The lowest BCUT2D eigenvalue weighted by molar-refractivity contribution is 0.266. The molecule has 1 aliphatic rings. The summed E-state index contributed by atoms with van der Waals surface area (Å²) in [7, 11) is 0. The van der Waals surface area contributed by atoms with Crippen LogP contribution in [0.5, 0.6) is 0 Å². The summed E-state index contributed by atoms with van der Waals surface area (Å²) in [6.45, 7) is 6.02. The zero-order valence-electron chi connectivity index (χ0n) is 10.0. The number of hydrogen-bond donors (Lipinski definition) is 0. The molecule has 0 fully saturated rings. The van der Waals surface area contributed by atoms with E-state index in [0.717, 1.165) is 31.9 Å². The molecule has 0 spiro atoms. The molecule has 1 aromatic heterocycles. The molecule has 0 aliphatic carbocycles. The van der Waals surface area contributed by atoms with Gasteiger partial charge >= 0.3 is 0 Å². The van der Waals surface area contributed by atoms with E-state index in [4.69, 9.17) is 0 Å². The first-order valence-corrected chi connectivity index (χ1v) is 5.97. The molecular formula is C13H16N4. The molecule has 2 heterocycles. The van der Waals surface area contributed by atoms with Gasteiger partial charge in [0.05, 0.1) is 12.2 Å². The summed E-state index contributed by atoms with van der Waals surface area (Å²) < 4.78 is 1.92. The summed E-state index contributed by atoms with van der Waals surface area (Å²) in [6, 6.07) is 8.66. The van der Waals surface area contributed by atoms with Gasteiger partial charge in [-0.15, -0.1) is 5.10 Å². The van der Waals surface area contributed by atoms with Crippen LogP contribution in [0.2, 0.25) is 0 Å². The van der Waals surface area contributed by atoms with Crippen molar-refractivity contribution in [1.29, 1.82) is 0 Å². The molecule has 0 N–H and O–H groups in total. The van der Waals surface area contributed by atoms with E-state index in [-0.39, 0.29) is 0 Å². The molecule has 0 atom stereocenters. The molecule has 0 bridgehead atoms. The number of benzene rings is 1. The van der Waals surface area contributed by atoms with Crippen molar-refractivity contribution in [1.82, 2.24) is 19.9 Å². The Hall–Kier alpha value is -1.68. The molecule has 4 nitrogen and oxygen atoms in total. The number of hydrogen-bond acceptors (Lipinski definition) is 3. The Morgan fingerprint density at radius 3 is 2.41 bits per heavy atom. The van der Waals surface area contributed by atoms with Gasteiger partial charge in [-0.25, -0.2) is 0 Å². The van der Waals surface area contributed by atoms with Crippen LogP contribution in [0.25, 0.3) is 0 Å². The van der Waals surface area contributed by atoms with Crippen LogP contribution in [0.3, 0.4) is 0 Å². The van der Waals surface area contributed by atoms with Crippen molar-refractivity contribution in [2.45, 2.75) is 26.6 Å². The largest absolute Gasteiger partial charge is 0.293 e. The third-order valence-corrected chi connectivity index (χ3v) is 3.20. The molecule has 3 rings (SSSR count). The number of aryl methyl sites for hydroxylation is 1. The molecule has 1 aliphatic heterocycles. The zero-order valence-corrected chi connectivity index (χ0v) is 10.0. The van der Waals surface area contributed by atoms with Crippen molar-refractivity contribution in [3.05, 3.63) is 47.3 Å². The van der Waals surface area contributed by atoms with Gasteiger partial charge in [0.2, 0.25) is 0 Å². The highest BCUT2D eigenvalue weighted by Crippen LogP contribution is 2.21. The summed E-state index contributed by atoms with van der Waals surface area (Å²) in [5, 5.41) is 8.06. The monoisotopic (exact) mass is 228 g/mol. The summed E-state index contributed by atoms with van der Waals surface area (Å²) in [5.74, 6) is 0. The summed E-state index contributed by atoms with van der Waals surface area (Å²) in [6.07, 6.45) is 1.99. The summed E-state index contributed by atoms with van der Waals surface area (Å²) in [4.78, 5) is 2.45. The van der Waals surface area contributed by atoms with Crippen LogP contribution in [0.1, 0.15) is 16.8 Å². The van der Waals surface area contributed by atoms with Crippen LogP contribution in [-0.4, -0.2) is 26.4 Å². The molecular weight excluding hydrogens is 212 g/mol. The van der Waals surface area contributed by atoms with Crippen molar-refractivity contribution in [3.8, 4) is 0 Å². The third kappa shape index (κ3) is 2.22. The first kappa shape index (κ1) is 10.5. The molecule has 0 amide bonds. The molecule has 4 heteroatoms. The second-order valence-corrected chi connectivity index (χ2v) is 4.60. The van der Waals surface area contributed by atoms with Crippen LogP contribution >= 0.6 is 0 Å². The van der Waals surface area contributed by atoms with Gasteiger partial charge in [-0.05, 0) is 18.1 Å². The second kappa shape index (κ2) is 4.30. The van der Waals surface area contributed by atoms with Gasteiger partial charge in [0.15, 0.2) is 0 Å². The third-order valence-electron chi connectivity index (χ3n) is 3.20. The minimum absolute atomic E-state index is 0.912. The highest BCUT2D eigenvalue weighted by Gasteiger charge is 2.17. The van der Waals surface area contributed by atoms with Crippen molar-refractivity contribution in [3.63, 3.8) is 0 Å². The molecule has 2 aromatic rings. The normalized spacial score (nSPS) is 15.1. The summed E-state index contributed by atoms with van der Waals surface area (Å²) in [5.41, 5.74) is 3.90. The topological polar surface area (TPSA) is 34.0 Å². The maximum Gasteiger partial charge on any atom is 0.0796 e. The van der Waals surface area contributed by atoms with Crippen LogP contribution in [-0.2, 0) is 19.6 Å². The predicted molar refractivity (Wildman–Crippen MR) is 65.3 cm³/mol. The van der Waals surface area contributed by atoms with Crippen molar-refractivity contribution in [2.75, 3.05) is 6.54 Å². The minimum Gasteiger partial charge on any atom is -0.293 e. The van der Waals surface area contributed by atoms with Gasteiger partial charge in [-0.1, -0.05) is 29.5 Å². The van der Waals surface area contributed by atoms with E-state index >= 15 is 0 Å². The maximum absolute atomic E-state index is 4.07. The molecule has 17 heavy (non-hydrogen) atoms. The number of fused-ring (bicyclic) bond motifs is 1. The molecule has 1 aromatic carbocycles. The minimum atomic E-state index is 0.912. The molecule has 0 radical (unpaired) electrons. The van der Waals surface area contributed by atoms with E-state index in [1.807, 2.05) is 17.8 Å². The number of nitrogens with zero attached hydrogens (tertiary/aromatic N) is 4. The standard InChI is InChI=1S/C13H16N4/c1-11-8-17(15-14-11)7-6-16-9-12-4-2-3-5-13(12)10-16/h2-5,8H,6-7,9-10H2,1H3. The smallest absolute Gasteiger partial charge is 0.0796 e. The van der Waals surface area contributed by atoms with Crippen LogP contribution in [0.4, 0.5) is 0 Å². The van der Waals surface area contributed by atoms with Gasteiger partial charge in [0, 0.05) is 25.8 Å². The average molecular weight is 228 g/mol. The Balaban J connectivity index is 1.59. The maximum atomic E-state index is 4.07. The average Bonchev–Trinajstić information content (AvgIpc) is 2.91. The highest BCUT2D eigenvalue weighted by molar-refractivity contribution is 5.30. The van der Waals surface area contributed by atoms with E-state index < -0.39 is 0 Å². The highest BCUT2D eigenvalue weighted by atomic mass is 15.4. The molecule has 88 valence electrons. The van der Waals surface area contributed by atoms with E-state index in [1.165, 1.54) is 11.1 Å². The fourth-order valence-electron chi connectivity index (χ4n) is 2.31. The van der Waals surface area contributed by atoms with E-state index in [2.05, 4.69) is 39.5 Å². The van der Waals surface area contributed by atoms with Crippen LogP contribution in [0.15, 0.2) is 30.5 Å².